The SMILES string of the molecule is CC(NCC(C)(C)CO)c1nncn1C. The first-order valence-electron chi connectivity index (χ1n) is 5.14. The molecule has 0 radical (unpaired) electrons. The minimum atomic E-state index is -0.104. The van der Waals surface area contributed by atoms with Crippen LogP contribution in [0.5, 0.6) is 0 Å². The zero-order valence-electron chi connectivity index (χ0n) is 9.86. The minimum Gasteiger partial charge on any atom is -0.396 e. The lowest BCUT2D eigenvalue weighted by Gasteiger charge is -2.24. The van der Waals surface area contributed by atoms with Crippen molar-refractivity contribution in [2.75, 3.05) is 13.2 Å². The average Bonchev–Trinajstić information content (AvgIpc) is 2.61. The van der Waals surface area contributed by atoms with Crippen LogP contribution in [0.15, 0.2) is 6.33 Å². The van der Waals surface area contributed by atoms with E-state index in [4.69, 9.17) is 5.11 Å². The Morgan fingerprint density at radius 3 is 2.73 bits per heavy atom. The first kappa shape index (κ1) is 12.1. The van der Waals surface area contributed by atoms with E-state index in [0.717, 1.165) is 12.4 Å². The highest BCUT2D eigenvalue weighted by Crippen LogP contribution is 2.14. The van der Waals surface area contributed by atoms with Crippen molar-refractivity contribution in [1.82, 2.24) is 20.1 Å². The molecule has 0 aliphatic heterocycles. The van der Waals surface area contributed by atoms with E-state index in [9.17, 15) is 0 Å². The van der Waals surface area contributed by atoms with E-state index in [2.05, 4.69) is 15.5 Å². The number of aromatic nitrogens is 3. The van der Waals surface area contributed by atoms with E-state index < -0.39 is 0 Å². The van der Waals surface area contributed by atoms with Gasteiger partial charge in [-0.05, 0) is 6.92 Å². The summed E-state index contributed by atoms with van der Waals surface area (Å²) in [5, 5.41) is 20.3. The van der Waals surface area contributed by atoms with Crippen LogP contribution in [0, 0.1) is 5.41 Å². The highest BCUT2D eigenvalue weighted by molar-refractivity contribution is 4.92. The first-order valence-corrected chi connectivity index (χ1v) is 5.14. The first-order chi connectivity index (χ1) is 6.96. The molecule has 1 aromatic rings. The number of hydrogen-bond donors (Lipinski definition) is 2. The molecule has 0 amide bonds. The maximum Gasteiger partial charge on any atom is 0.149 e. The van der Waals surface area contributed by atoms with Crippen LogP contribution < -0.4 is 5.32 Å². The third-order valence-corrected chi connectivity index (χ3v) is 2.45. The number of nitrogens with zero attached hydrogens (tertiary/aromatic N) is 3. The summed E-state index contributed by atoms with van der Waals surface area (Å²) >= 11 is 0. The zero-order chi connectivity index (χ0) is 11.5. The van der Waals surface area contributed by atoms with Crippen molar-refractivity contribution in [1.29, 1.82) is 0 Å². The molecule has 0 fully saturated rings. The van der Waals surface area contributed by atoms with Crippen molar-refractivity contribution in [3.8, 4) is 0 Å². The molecule has 2 N–H and O–H groups in total. The summed E-state index contributed by atoms with van der Waals surface area (Å²) in [7, 11) is 1.92. The van der Waals surface area contributed by atoms with Gasteiger partial charge in [-0.3, -0.25) is 0 Å². The Kier molecular flexibility index (Phi) is 3.82. The summed E-state index contributed by atoms with van der Waals surface area (Å²) in [6, 6.07) is 0.142. The second-order valence-corrected chi connectivity index (χ2v) is 4.72. The van der Waals surface area contributed by atoms with Gasteiger partial charge in [0.15, 0.2) is 0 Å². The lowest BCUT2D eigenvalue weighted by molar-refractivity contribution is 0.153. The van der Waals surface area contributed by atoms with Gasteiger partial charge >= 0.3 is 0 Å². The highest BCUT2D eigenvalue weighted by Gasteiger charge is 2.19. The molecule has 86 valence electrons. The summed E-state index contributed by atoms with van der Waals surface area (Å²) in [6.45, 7) is 6.99. The van der Waals surface area contributed by atoms with Gasteiger partial charge in [0.2, 0.25) is 0 Å². The molecule has 0 aliphatic carbocycles. The average molecular weight is 212 g/mol. The molecule has 15 heavy (non-hydrogen) atoms. The van der Waals surface area contributed by atoms with Gasteiger partial charge in [0.05, 0.1) is 6.04 Å². The van der Waals surface area contributed by atoms with Crippen LogP contribution in [0.3, 0.4) is 0 Å². The molecular weight excluding hydrogens is 192 g/mol. The summed E-state index contributed by atoms with van der Waals surface area (Å²) < 4.78 is 1.89. The molecule has 1 unspecified atom stereocenters. The molecule has 0 saturated carbocycles. The molecular formula is C10H20N4O. The fraction of sp³-hybridized carbons (Fsp3) is 0.800. The fourth-order valence-corrected chi connectivity index (χ4v) is 1.26. The molecule has 5 nitrogen and oxygen atoms in total. The van der Waals surface area contributed by atoms with Crippen molar-refractivity contribution in [3.05, 3.63) is 12.2 Å². The van der Waals surface area contributed by atoms with Crippen LogP contribution >= 0.6 is 0 Å². The maximum absolute atomic E-state index is 9.12. The lowest BCUT2D eigenvalue weighted by Crippen LogP contribution is -2.34. The summed E-state index contributed by atoms with van der Waals surface area (Å²) in [6.07, 6.45) is 1.69. The van der Waals surface area contributed by atoms with Gasteiger partial charge in [-0.15, -0.1) is 10.2 Å². The molecule has 0 bridgehead atoms. The Labute approximate surface area is 90.5 Å². The molecule has 0 saturated heterocycles. The van der Waals surface area contributed by atoms with Gasteiger partial charge < -0.3 is 15.0 Å². The van der Waals surface area contributed by atoms with Gasteiger partial charge in [-0.1, -0.05) is 13.8 Å². The molecule has 1 rings (SSSR count). The van der Waals surface area contributed by atoms with E-state index >= 15 is 0 Å². The van der Waals surface area contributed by atoms with E-state index in [1.807, 2.05) is 32.4 Å². The lowest BCUT2D eigenvalue weighted by atomic mass is 9.94. The topological polar surface area (TPSA) is 63.0 Å². The second-order valence-electron chi connectivity index (χ2n) is 4.72. The monoisotopic (exact) mass is 212 g/mol. The number of aryl methyl sites for hydroxylation is 1. The Hall–Kier alpha value is -0.940. The highest BCUT2D eigenvalue weighted by atomic mass is 16.3. The molecule has 1 aromatic heterocycles. The van der Waals surface area contributed by atoms with Crippen LogP contribution in [0.25, 0.3) is 0 Å². The van der Waals surface area contributed by atoms with Crippen LogP contribution in [-0.2, 0) is 7.05 Å². The van der Waals surface area contributed by atoms with Gasteiger partial charge in [0.25, 0.3) is 0 Å². The standard InChI is InChI=1S/C10H20N4O/c1-8(9-13-12-7-14(9)4)11-5-10(2,3)6-15/h7-8,11,15H,5-6H2,1-4H3. The third-order valence-electron chi connectivity index (χ3n) is 2.45. The summed E-state index contributed by atoms with van der Waals surface area (Å²) in [4.78, 5) is 0. The normalized spacial score (nSPS) is 14.2. The van der Waals surface area contributed by atoms with E-state index in [-0.39, 0.29) is 18.1 Å². The quantitative estimate of drug-likeness (QED) is 0.745. The van der Waals surface area contributed by atoms with Gasteiger partial charge in [0, 0.05) is 25.6 Å². The number of aliphatic hydroxyl groups excluding tert-OH is 1. The van der Waals surface area contributed by atoms with Crippen molar-refractivity contribution in [2.45, 2.75) is 26.8 Å². The van der Waals surface area contributed by atoms with Crippen molar-refractivity contribution < 1.29 is 5.11 Å². The number of rotatable bonds is 5. The van der Waals surface area contributed by atoms with Gasteiger partial charge in [0.1, 0.15) is 12.2 Å². The Balaban J connectivity index is 2.50. The van der Waals surface area contributed by atoms with E-state index in [0.29, 0.717) is 0 Å². The Morgan fingerprint density at radius 1 is 1.60 bits per heavy atom. The van der Waals surface area contributed by atoms with Crippen molar-refractivity contribution in [2.24, 2.45) is 12.5 Å². The molecule has 1 atom stereocenters. The zero-order valence-corrected chi connectivity index (χ0v) is 9.86. The third kappa shape index (κ3) is 3.28. The largest absolute Gasteiger partial charge is 0.396 e. The van der Waals surface area contributed by atoms with Crippen LogP contribution in [0.4, 0.5) is 0 Å². The van der Waals surface area contributed by atoms with Gasteiger partial charge in [-0.2, -0.15) is 0 Å². The van der Waals surface area contributed by atoms with E-state index in [1.165, 1.54) is 0 Å². The fourth-order valence-electron chi connectivity index (χ4n) is 1.26. The molecule has 1 heterocycles. The molecule has 5 heteroatoms. The maximum atomic E-state index is 9.12. The Morgan fingerprint density at radius 2 is 2.27 bits per heavy atom. The van der Waals surface area contributed by atoms with E-state index in [1.54, 1.807) is 6.33 Å². The number of aliphatic hydroxyl groups is 1. The minimum absolute atomic E-state index is 0.104. The van der Waals surface area contributed by atoms with Crippen molar-refractivity contribution >= 4 is 0 Å². The second kappa shape index (κ2) is 4.72. The van der Waals surface area contributed by atoms with Gasteiger partial charge in [-0.25, -0.2) is 0 Å². The smallest absolute Gasteiger partial charge is 0.149 e. The number of nitrogens with one attached hydrogen (secondary N) is 1. The predicted molar refractivity (Wildman–Crippen MR) is 58.3 cm³/mol. The summed E-state index contributed by atoms with van der Waals surface area (Å²) in [5.74, 6) is 0.906. The van der Waals surface area contributed by atoms with Crippen LogP contribution in [0.1, 0.15) is 32.6 Å². The van der Waals surface area contributed by atoms with Crippen LogP contribution in [-0.4, -0.2) is 33.0 Å². The molecule has 0 aliphatic rings. The molecule has 0 aromatic carbocycles. The van der Waals surface area contributed by atoms with Crippen molar-refractivity contribution in [3.63, 3.8) is 0 Å². The summed E-state index contributed by atoms with van der Waals surface area (Å²) in [5.41, 5.74) is -0.104. The van der Waals surface area contributed by atoms with Crippen LogP contribution in [0.2, 0.25) is 0 Å². The molecule has 0 spiro atoms. The number of hydrogen-bond acceptors (Lipinski definition) is 4. The Bertz CT molecular complexity index is 308. The predicted octanol–water partition coefficient (Wildman–Crippen LogP) is 0.484.